The van der Waals surface area contributed by atoms with E-state index in [9.17, 15) is 26.7 Å². The van der Waals surface area contributed by atoms with Crippen LogP contribution in [0.15, 0.2) is 51.0 Å². The second-order valence-electron chi connectivity index (χ2n) is 11.3. The van der Waals surface area contributed by atoms with Crippen molar-refractivity contribution in [1.29, 1.82) is 0 Å². The number of nitrogens with one attached hydrogen (secondary N) is 1. The minimum absolute atomic E-state index is 0.0868. The summed E-state index contributed by atoms with van der Waals surface area (Å²) in [5.74, 6) is -0.604. The van der Waals surface area contributed by atoms with Crippen LogP contribution in [-0.2, 0) is 30.4 Å². The summed E-state index contributed by atoms with van der Waals surface area (Å²) < 4.78 is 55.2. The van der Waals surface area contributed by atoms with Crippen molar-refractivity contribution in [3.63, 3.8) is 0 Å². The standard InChI is InChI=1S/C26H31N3O6S2/c1-14(2)9-10-29-23-17-5-4-16(12-17)21(23)24(30)22(26(29)31)25-27-19-8-3-15(11-20(19)37(34,35)28-25)13-36(32,33)18-6-7-18/h3-5,8,11,14,16-18,21,23,30H,6-7,9-10,12-13H2,1-2H3,(H,27,28). The van der Waals surface area contributed by atoms with E-state index >= 15 is 0 Å². The molecule has 2 fully saturated rings. The fourth-order valence-corrected chi connectivity index (χ4v) is 9.10. The number of amides is 1. The van der Waals surface area contributed by atoms with Crippen LogP contribution in [0.1, 0.15) is 45.1 Å². The Balaban J connectivity index is 1.37. The number of fused-ring (bicyclic) bond motifs is 6. The Morgan fingerprint density at radius 1 is 1.19 bits per heavy atom. The van der Waals surface area contributed by atoms with E-state index in [1.165, 1.54) is 12.1 Å². The Labute approximate surface area is 217 Å². The maximum absolute atomic E-state index is 13.8. The third-order valence-corrected chi connectivity index (χ3v) is 11.7. The Kier molecular flexibility index (Phi) is 5.61. The van der Waals surface area contributed by atoms with Crippen LogP contribution in [0.5, 0.6) is 0 Å². The monoisotopic (exact) mass is 545 g/mol. The number of carbonyl (C=O) groups excluding carboxylic acids is 1. The first kappa shape index (κ1) is 24.7. The van der Waals surface area contributed by atoms with Crippen LogP contribution in [0.4, 0.5) is 5.69 Å². The highest BCUT2D eigenvalue weighted by atomic mass is 32.2. The molecule has 9 nitrogen and oxygen atoms in total. The molecule has 4 atom stereocenters. The molecule has 2 bridgehead atoms. The molecule has 0 saturated heterocycles. The predicted molar refractivity (Wildman–Crippen MR) is 139 cm³/mol. The Bertz CT molecular complexity index is 1490. The number of aliphatic hydroxyl groups is 1. The van der Waals surface area contributed by atoms with Gasteiger partial charge in [-0.3, -0.25) is 4.79 Å². The number of nitrogens with zero attached hydrogens (tertiary/aromatic N) is 2. The van der Waals surface area contributed by atoms with E-state index in [0.717, 1.165) is 12.8 Å². The number of amidine groups is 1. The number of hydrogen-bond acceptors (Lipinski definition) is 7. The lowest BCUT2D eigenvalue weighted by atomic mass is 9.80. The van der Waals surface area contributed by atoms with E-state index in [1.807, 2.05) is 0 Å². The summed E-state index contributed by atoms with van der Waals surface area (Å²) in [6.07, 6.45) is 7.12. The number of sulfone groups is 1. The summed E-state index contributed by atoms with van der Waals surface area (Å²) in [4.78, 5) is 15.4. The number of aliphatic hydroxyl groups excluding tert-OH is 1. The number of allylic oxidation sites excluding steroid dienone is 1. The molecule has 0 aromatic heterocycles. The van der Waals surface area contributed by atoms with E-state index in [4.69, 9.17) is 0 Å². The number of benzene rings is 1. The summed E-state index contributed by atoms with van der Waals surface area (Å²) in [5, 5.41) is 13.9. The van der Waals surface area contributed by atoms with Gasteiger partial charge in [0.2, 0.25) is 0 Å². The molecule has 2 aliphatic heterocycles. The van der Waals surface area contributed by atoms with Crippen molar-refractivity contribution in [2.75, 3.05) is 11.9 Å². The lowest BCUT2D eigenvalue weighted by molar-refractivity contribution is -0.132. The topological polar surface area (TPSA) is 133 Å². The minimum Gasteiger partial charge on any atom is -0.511 e. The third-order valence-electron chi connectivity index (χ3n) is 8.20. The fraction of sp³-hybridized carbons (Fsp3) is 0.538. The molecule has 0 spiro atoms. The highest BCUT2D eigenvalue weighted by Crippen LogP contribution is 2.52. The first-order valence-corrected chi connectivity index (χ1v) is 16.0. The first-order valence-electron chi connectivity index (χ1n) is 12.9. The van der Waals surface area contributed by atoms with E-state index in [0.29, 0.717) is 30.9 Å². The van der Waals surface area contributed by atoms with E-state index in [1.54, 1.807) is 11.0 Å². The molecule has 1 amide bonds. The van der Waals surface area contributed by atoms with Gasteiger partial charge in [0.1, 0.15) is 16.2 Å². The molecule has 2 saturated carbocycles. The Morgan fingerprint density at radius 3 is 2.62 bits per heavy atom. The molecule has 4 unspecified atom stereocenters. The van der Waals surface area contributed by atoms with Crippen LogP contribution >= 0.6 is 0 Å². The van der Waals surface area contributed by atoms with Gasteiger partial charge in [0, 0.05) is 18.5 Å². The van der Waals surface area contributed by atoms with Gasteiger partial charge >= 0.3 is 0 Å². The van der Waals surface area contributed by atoms with Crippen molar-refractivity contribution in [2.45, 2.75) is 61.5 Å². The largest absolute Gasteiger partial charge is 0.511 e. The van der Waals surface area contributed by atoms with Crippen molar-refractivity contribution in [1.82, 2.24) is 4.90 Å². The van der Waals surface area contributed by atoms with Crippen LogP contribution < -0.4 is 5.32 Å². The van der Waals surface area contributed by atoms with Crippen LogP contribution in [0.2, 0.25) is 0 Å². The van der Waals surface area contributed by atoms with Crippen molar-refractivity contribution in [3.8, 4) is 0 Å². The predicted octanol–water partition coefficient (Wildman–Crippen LogP) is 3.17. The highest BCUT2D eigenvalue weighted by molar-refractivity contribution is 7.91. The third kappa shape index (κ3) is 4.10. The maximum atomic E-state index is 13.8. The van der Waals surface area contributed by atoms with Gasteiger partial charge in [0.25, 0.3) is 15.9 Å². The van der Waals surface area contributed by atoms with Gasteiger partial charge < -0.3 is 15.3 Å². The molecule has 1 aromatic rings. The molecule has 37 heavy (non-hydrogen) atoms. The first-order chi connectivity index (χ1) is 17.5. The molecule has 0 radical (unpaired) electrons. The number of sulfonamides is 1. The molecule has 2 heterocycles. The summed E-state index contributed by atoms with van der Waals surface area (Å²) >= 11 is 0. The molecule has 1 aromatic carbocycles. The van der Waals surface area contributed by atoms with Crippen LogP contribution in [0.3, 0.4) is 0 Å². The number of carbonyl (C=O) groups is 1. The molecule has 11 heteroatoms. The summed E-state index contributed by atoms with van der Waals surface area (Å²) in [7, 11) is -7.57. The van der Waals surface area contributed by atoms with Gasteiger partial charge in [-0.2, -0.15) is 8.42 Å². The Hall–Kier alpha value is -2.66. The summed E-state index contributed by atoms with van der Waals surface area (Å²) in [5.41, 5.74) is 0.483. The van der Waals surface area contributed by atoms with Crippen molar-refractivity contribution >= 4 is 37.3 Å². The molecule has 6 rings (SSSR count). The van der Waals surface area contributed by atoms with Crippen LogP contribution in [-0.4, -0.2) is 56.4 Å². The minimum atomic E-state index is -4.25. The van der Waals surface area contributed by atoms with Gasteiger partial charge in [0.05, 0.1) is 16.7 Å². The van der Waals surface area contributed by atoms with Crippen molar-refractivity contribution < 1.29 is 26.7 Å². The van der Waals surface area contributed by atoms with E-state index < -0.39 is 25.8 Å². The van der Waals surface area contributed by atoms with Crippen LogP contribution in [0, 0.1) is 23.7 Å². The lowest BCUT2D eigenvalue weighted by Gasteiger charge is -2.43. The van der Waals surface area contributed by atoms with Crippen LogP contribution in [0.25, 0.3) is 0 Å². The Morgan fingerprint density at radius 2 is 1.92 bits per heavy atom. The van der Waals surface area contributed by atoms with E-state index in [2.05, 4.69) is 35.7 Å². The van der Waals surface area contributed by atoms with Gasteiger partial charge in [-0.05, 0) is 61.1 Å². The number of hydrogen-bond donors (Lipinski definition) is 2. The van der Waals surface area contributed by atoms with Crippen molar-refractivity contribution in [3.05, 3.63) is 47.2 Å². The number of anilines is 1. The van der Waals surface area contributed by atoms with Gasteiger partial charge in [0.15, 0.2) is 15.7 Å². The van der Waals surface area contributed by atoms with Gasteiger partial charge in [-0.25, -0.2) is 8.42 Å². The second kappa shape index (κ2) is 8.42. The lowest BCUT2D eigenvalue weighted by Crippen LogP contribution is -2.54. The van der Waals surface area contributed by atoms with E-state index in [-0.39, 0.29) is 62.5 Å². The molecular weight excluding hydrogens is 514 g/mol. The zero-order valence-corrected chi connectivity index (χ0v) is 22.4. The highest BCUT2D eigenvalue weighted by Gasteiger charge is 2.55. The normalized spacial score (nSPS) is 29.9. The molecule has 2 N–H and O–H groups in total. The van der Waals surface area contributed by atoms with Gasteiger partial charge in [-0.1, -0.05) is 32.1 Å². The number of rotatable bonds is 7. The van der Waals surface area contributed by atoms with Gasteiger partial charge in [-0.15, -0.1) is 4.40 Å². The molecular formula is C26H31N3O6S2. The zero-order valence-electron chi connectivity index (χ0n) is 20.8. The maximum Gasteiger partial charge on any atom is 0.286 e. The zero-order chi connectivity index (χ0) is 26.3. The quantitative estimate of drug-likeness (QED) is 0.503. The molecule has 198 valence electrons. The summed E-state index contributed by atoms with van der Waals surface area (Å²) in [6.45, 7) is 4.68. The smallest absolute Gasteiger partial charge is 0.286 e. The molecule has 5 aliphatic rings. The fourth-order valence-electron chi connectivity index (χ4n) is 6.19. The SMILES string of the molecule is CC(C)CCN1C(=O)C(C2=NS(=O)(=O)c3cc(CS(=O)(=O)C4CC4)ccc3N2)=C(O)C2C3C=CC(C3)C21. The average molecular weight is 546 g/mol. The van der Waals surface area contributed by atoms with Crippen molar-refractivity contribution in [2.24, 2.45) is 28.1 Å². The average Bonchev–Trinajstić information content (AvgIpc) is 3.49. The second-order valence-corrected chi connectivity index (χ2v) is 15.1. The molecule has 3 aliphatic carbocycles. The summed E-state index contributed by atoms with van der Waals surface area (Å²) in [6, 6.07) is 4.27.